The summed E-state index contributed by atoms with van der Waals surface area (Å²) in [5.74, 6) is -1.50. The largest absolute Gasteiger partial charge is 0.465 e. The SMILES string of the molecule is CCOC(=O)CS(=O)(=O)Nc1ccc(C)c(N)c1. The molecule has 0 aromatic heterocycles. The lowest BCUT2D eigenvalue weighted by Crippen LogP contribution is -2.24. The van der Waals surface area contributed by atoms with Gasteiger partial charge in [-0.1, -0.05) is 6.07 Å². The van der Waals surface area contributed by atoms with Gasteiger partial charge in [0.05, 0.1) is 12.3 Å². The summed E-state index contributed by atoms with van der Waals surface area (Å²) in [6.07, 6.45) is 0. The van der Waals surface area contributed by atoms with Gasteiger partial charge in [0.2, 0.25) is 10.0 Å². The number of esters is 1. The Hall–Kier alpha value is -1.76. The first kappa shape index (κ1) is 14.3. The van der Waals surface area contributed by atoms with Crippen LogP contribution < -0.4 is 10.5 Å². The normalized spacial score (nSPS) is 11.0. The molecule has 0 atom stereocenters. The molecule has 0 fully saturated rings. The lowest BCUT2D eigenvalue weighted by molar-refractivity contribution is -0.139. The van der Waals surface area contributed by atoms with Crippen molar-refractivity contribution in [3.05, 3.63) is 23.8 Å². The minimum atomic E-state index is -3.77. The van der Waals surface area contributed by atoms with Crippen molar-refractivity contribution in [2.45, 2.75) is 13.8 Å². The molecule has 1 aromatic rings. The van der Waals surface area contributed by atoms with Crippen molar-refractivity contribution in [2.75, 3.05) is 22.8 Å². The van der Waals surface area contributed by atoms with Crippen molar-refractivity contribution >= 4 is 27.4 Å². The number of hydrogen-bond acceptors (Lipinski definition) is 5. The van der Waals surface area contributed by atoms with E-state index in [1.165, 1.54) is 6.07 Å². The number of carbonyl (C=O) groups excluding carboxylic acids is 1. The van der Waals surface area contributed by atoms with E-state index in [9.17, 15) is 13.2 Å². The topological polar surface area (TPSA) is 98.5 Å². The summed E-state index contributed by atoms with van der Waals surface area (Å²) < 4.78 is 30.1. The van der Waals surface area contributed by atoms with Gasteiger partial charge < -0.3 is 10.5 Å². The van der Waals surface area contributed by atoms with Crippen LogP contribution in [0.3, 0.4) is 0 Å². The number of carbonyl (C=O) groups is 1. The summed E-state index contributed by atoms with van der Waals surface area (Å²) in [6, 6.07) is 4.77. The standard InChI is InChI=1S/C11H16N2O4S/c1-3-17-11(14)7-18(15,16)13-9-5-4-8(2)10(12)6-9/h4-6,13H,3,7,12H2,1-2H3. The van der Waals surface area contributed by atoms with Crippen molar-refractivity contribution < 1.29 is 17.9 Å². The lowest BCUT2D eigenvalue weighted by atomic mass is 10.2. The number of nitrogen functional groups attached to an aromatic ring is 1. The smallest absolute Gasteiger partial charge is 0.323 e. The second-order valence-electron chi connectivity index (χ2n) is 3.74. The molecule has 0 aliphatic carbocycles. The van der Waals surface area contributed by atoms with Crippen LogP contribution in [0, 0.1) is 6.92 Å². The van der Waals surface area contributed by atoms with E-state index in [-0.39, 0.29) is 6.61 Å². The second kappa shape index (κ2) is 5.72. The minimum Gasteiger partial charge on any atom is -0.465 e. The molecule has 0 unspecified atom stereocenters. The second-order valence-corrected chi connectivity index (χ2v) is 5.46. The van der Waals surface area contributed by atoms with E-state index < -0.39 is 21.7 Å². The zero-order valence-electron chi connectivity index (χ0n) is 10.3. The Kier molecular flexibility index (Phi) is 4.55. The van der Waals surface area contributed by atoms with Gasteiger partial charge in [-0.05, 0) is 31.5 Å². The van der Waals surface area contributed by atoms with Gasteiger partial charge in [0, 0.05) is 5.69 Å². The highest BCUT2D eigenvalue weighted by molar-refractivity contribution is 7.93. The van der Waals surface area contributed by atoms with Crippen LogP contribution >= 0.6 is 0 Å². The third-order valence-electron chi connectivity index (χ3n) is 2.17. The molecule has 7 heteroatoms. The van der Waals surface area contributed by atoms with Gasteiger partial charge in [-0.25, -0.2) is 8.42 Å². The zero-order chi connectivity index (χ0) is 13.8. The first-order valence-corrected chi connectivity index (χ1v) is 7.01. The first-order chi connectivity index (χ1) is 8.34. The minimum absolute atomic E-state index is 0.145. The average Bonchev–Trinajstić information content (AvgIpc) is 2.22. The van der Waals surface area contributed by atoms with Crippen LogP contribution in [0.15, 0.2) is 18.2 Å². The third kappa shape index (κ3) is 4.25. The molecule has 1 rings (SSSR count). The fraction of sp³-hybridized carbons (Fsp3) is 0.364. The van der Waals surface area contributed by atoms with Crippen LogP contribution in [0.4, 0.5) is 11.4 Å². The van der Waals surface area contributed by atoms with Crippen LogP contribution in [0.2, 0.25) is 0 Å². The molecule has 0 spiro atoms. The molecule has 0 amide bonds. The van der Waals surface area contributed by atoms with Gasteiger partial charge >= 0.3 is 5.97 Å². The maximum absolute atomic E-state index is 11.6. The molecule has 6 nitrogen and oxygen atoms in total. The molecule has 100 valence electrons. The number of ether oxygens (including phenoxy) is 1. The highest BCUT2D eigenvalue weighted by Gasteiger charge is 2.17. The Labute approximate surface area is 106 Å². The number of nitrogens with two attached hydrogens (primary N) is 1. The summed E-state index contributed by atoms with van der Waals surface area (Å²) in [5, 5.41) is 0. The summed E-state index contributed by atoms with van der Waals surface area (Å²) in [4.78, 5) is 11.1. The number of hydrogen-bond donors (Lipinski definition) is 2. The van der Waals surface area contributed by atoms with E-state index >= 15 is 0 Å². The molecule has 3 N–H and O–H groups in total. The van der Waals surface area contributed by atoms with Crippen molar-refractivity contribution in [3.8, 4) is 0 Å². The number of benzene rings is 1. The number of anilines is 2. The summed E-state index contributed by atoms with van der Waals surface area (Å²) in [6.45, 7) is 3.57. The molecule has 0 saturated heterocycles. The molecular formula is C11H16N2O4S. The molecule has 18 heavy (non-hydrogen) atoms. The van der Waals surface area contributed by atoms with Gasteiger partial charge in [0.15, 0.2) is 5.75 Å². The fourth-order valence-electron chi connectivity index (χ4n) is 1.28. The Balaban J connectivity index is 2.76. The lowest BCUT2D eigenvalue weighted by Gasteiger charge is -2.09. The Bertz CT molecular complexity index is 540. The van der Waals surface area contributed by atoms with Crippen molar-refractivity contribution in [3.63, 3.8) is 0 Å². The zero-order valence-corrected chi connectivity index (χ0v) is 11.1. The Morgan fingerprint density at radius 3 is 2.67 bits per heavy atom. The number of aryl methyl sites for hydroxylation is 1. The maximum atomic E-state index is 11.6. The Morgan fingerprint density at radius 1 is 1.44 bits per heavy atom. The number of rotatable bonds is 5. The number of nitrogens with one attached hydrogen (secondary N) is 1. The highest BCUT2D eigenvalue weighted by Crippen LogP contribution is 2.17. The van der Waals surface area contributed by atoms with E-state index in [0.717, 1.165) is 5.56 Å². The summed E-state index contributed by atoms with van der Waals surface area (Å²) >= 11 is 0. The first-order valence-electron chi connectivity index (χ1n) is 5.36. The molecule has 0 saturated carbocycles. The van der Waals surface area contributed by atoms with Gasteiger partial charge in [-0.2, -0.15) is 0 Å². The third-order valence-corrected chi connectivity index (χ3v) is 3.33. The summed E-state index contributed by atoms with van der Waals surface area (Å²) in [7, 11) is -3.77. The summed E-state index contributed by atoms with van der Waals surface area (Å²) in [5.41, 5.74) is 7.31. The van der Waals surface area contributed by atoms with E-state index in [2.05, 4.69) is 9.46 Å². The molecule has 0 radical (unpaired) electrons. The van der Waals surface area contributed by atoms with E-state index in [1.807, 2.05) is 6.92 Å². The van der Waals surface area contributed by atoms with Gasteiger partial charge in [-0.3, -0.25) is 9.52 Å². The van der Waals surface area contributed by atoms with Crippen LogP contribution in [-0.4, -0.2) is 26.7 Å². The van der Waals surface area contributed by atoms with Crippen molar-refractivity contribution in [1.82, 2.24) is 0 Å². The predicted molar refractivity (Wildman–Crippen MR) is 69.6 cm³/mol. The van der Waals surface area contributed by atoms with Crippen LogP contribution in [-0.2, 0) is 19.6 Å². The Morgan fingerprint density at radius 2 is 2.11 bits per heavy atom. The molecule has 0 aliphatic heterocycles. The highest BCUT2D eigenvalue weighted by atomic mass is 32.2. The van der Waals surface area contributed by atoms with Crippen LogP contribution in [0.5, 0.6) is 0 Å². The van der Waals surface area contributed by atoms with E-state index in [1.54, 1.807) is 19.1 Å². The predicted octanol–water partition coefficient (Wildman–Crippen LogP) is 0.882. The number of sulfonamides is 1. The van der Waals surface area contributed by atoms with Crippen LogP contribution in [0.25, 0.3) is 0 Å². The van der Waals surface area contributed by atoms with Crippen LogP contribution in [0.1, 0.15) is 12.5 Å². The van der Waals surface area contributed by atoms with E-state index in [4.69, 9.17) is 5.73 Å². The molecule has 1 aromatic carbocycles. The van der Waals surface area contributed by atoms with Crippen molar-refractivity contribution in [1.29, 1.82) is 0 Å². The maximum Gasteiger partial charge on any atom is 0.323 e. The fourth-order valence-corrected chi connectivity index (χ4v) is 2.23. The molecule has 0 aliphatic rings. The molecular weight excluding hydrogens is 256 g/mol. The van der Waals surface area contributed by atoms with Gasteiger partial charge in [0.25, 0.3) is 0 Å². The van der Waals surface area contributed by atoms with Gasteiger partial charge in [0.1, 0.15) is 0 Å². The quantitative estimate of drug-likeness (QED) is 0.612. The van der Waals surface area contributed by atoms with Crippen molar-refractivity contribution in [2.24, 2.45) is 0 Å². The molecule has 0 heterocycles. The average molecular weight is 272 g/mol. The monoisotopic (exact) mass is 272 g/mol. The van der Waals surface area contributed by atoms with E-state index in [0.29, 0.717) is 11.4 Å². The van der Waals surface area contributed by atoms with Gasteiger partial charge in [-0.15, -0.1) is 0 Å². The molecule has 0 bridgehead atoms.